The standard InChI is InChI=1S/C8H12N4O3/c9-3-7(13)12-6-4-10-5(11-6)1-2-8(14)15/h4H,1-3,9H2,(H,10,11)(H,12,13)(H,14,15). The molecule has 1 aromatic rings. The van der Waals surface area contributed by atoms with Gasteiger partial charge in [0.15, 0.2) is 0 Å². The average molecular weight is 212 g/mol. The summed E-state index contributed by atoms with van der Waals surface area (Å²) in [6.07, 6.45) is 1.72. The van der Waals surface area contributed by atoms with Crippen LogP contribution in [0.25, 0.3) is 0 Å². The van der Waals surface area contributed by atoms with E-state index in [0.717, 1.165) is 0 Å². The number of aromatic amines is 1. The molecule has 1 heterocycles. The number of nitrogens with zero attached hydrogens (tertiary/aromatic N) is 1. The van der Waals surface area contributed by atoms with Gasteiger partial charge in [0, 0.05) is 6.42 Å². The molecular formula is C8H12N4O3. The number of carbonyl (C=O) groups is 2. The quantitative estimate of drug-likeness (QED) is 0.515. The summed E-state index contributed by atoms with van der Waals surface area (Å²) in [5, 5.41) is 10.9. The van der Waals surface area contributed by atoms with Crippen molar-refractivity contribution in [3.63, 3.8) is 0 Å². The number of aryl methyl sites for hydroxylation is 1. The summed E-state index contributed by atoms with van der Waals surface area (Å²) >= 11 is 0. The van der Waals surface area contributed by atoms with Crippen LogP contribution in [-0.2, 0) is 16.0 Å². The molecule has 5 N–H and O–H groups in total. The monoisotopic (exact) mass is 212 g/mol. The Bertz CT molecular complexity index is 361. The smallest absolute Gasteiger partial charge is 0.303 e. The molecule has 1 aromatic heterocycles. The molecule has 0 unspecified atom stereocenters. The predicted molar refractivity (Wildman–Crippen MR) is 52.2 cm³/mol. The van der Waals surface area contributed by atoms with Crippen LogP contribution in [-0.4, -0.2) is 33.5 Å². The highest BCUT2D eigenvalue weighted by Crippen LogP contribution is 2.04. The summed E-state index contributed by atoms with van der Waals surface area (Å²) in [6.45, 7) is -0.108. The minimum Gasteiger partial charge on any atom is -0.481 e. The maximum atomic E-state index is 10.9. The number of aliphatic carboxylic acids is 1. The topological polar surface area (TPSA) is 121 Å². The van der Waals surface area contributed by atoms with Crippen LogP contribution in [0.4, 0.5) is 5.82 Å². The molecule has 0 atom stereocenters. The Balaban J connectivity index is 2.49. The van der Waals surface area contributed by atoms with Gasteiger partial charge in [-0.25, -0.2) is 4.98 Å². The maximum Gasteiger partial charge on any atom is 0.303 e. The molecule has 82 valence electrons. The lowest BCUT2D eigenvalue weighted by Gasteiger charge is -1.97. The van der Waals surface area contributed by atoms with E-state index in [9.17, 15) is 9.59 Å². The van der Waals surface area contributed by atoms with Crippen molar-refractivity contribution in [1.29, 1.82) is 0 Å². The van der Waals surface area contributed by atoms with E-state index in [2.05, 4.69) is 15.3 Å². The average Bonchev–Trinajstić information content (AvgIpc) is 2.62. The second kappa shape index (κ2) is 5.11. The molecular weight excluding hydrogens is 200 g/mol. The number of imidazole rings is 1. The van der Waals surface area contributed by atoms with Crippen LogP contribution in [0.2, 0.25) is 0 Å². The molecule has 0 aliphatic heterocycles. The molecule has 0 aromatic carbocycles. The zero-order chi connectivity index (χ0) is 11.3. The van der Waals surface area contributed by atoms with Crippen molar-refractivity contribution in [3.8, 4) is 0 Å². The number of hydrogen-bond donors (Lipinski definition) is 4. The summed E-state index contributed by atoms with van der Waals surface area (Å²) in [5.41, 5.74) is 5.10. The Kier molecular flexibility index (Phi) is 3.81. The number of anilines is 1. The highest BCUT2D eigenvalue weighted by Gasteiger charge is 2.05. The molecule has 1 rings (SSSR count). The van der Waals surface area contributed by atoms with Gasteiger partial charge in [-0.2, -0.15) is 0 Å². The highest BCUT2D eigenvalue weighted by molar-refractivity contribution is 5.91. The van der Waals surface area contributed by atoms with Gasteiger partial charge < -0.3 is 21.1 Å². The molecule has 0 saturated carbocycles. The van der Waals surface area contributed by atoms with Gasteiger partial charge in [0.25, 0.3) is 0 Å². The molecule has 0 saturated heterocycles. The lowest BCUT2D eigenvalue weighted by molar-refractivity contribution is -0.137. The van der Waals surface area contributed by atoms with Crippen LogP contribution in [0.5, 0.6) is 0 Å². The van der Waals surface area contributed by atoms with E-state index < -0.39 is 5.97 Å². The number of hydrogen-bond acceptors (Lipinski definition) is 4. The first-order valence-corrected chi connectivity index (χ1v) is 4.37. The minimum atomic E-state index is -0.890. The van der Waals surface area contributed by atoms with Crippen LogP contribution in [0.1, 0.15) is 12.2 Å². The first kappa shape index (κ1) is 11.2. The Hall–Kier alpha value is -1.89. The summed E-state index contributed by atoms with van der Waals surface area (Å²) in [4.78, 5) is 27.8. The fourth-order valence-corrected chi connectivity index (χ4v) is 0.980. The first-order chi connectivity index (χ1) is 7.11. The van der Waals surface area contributed by atoms with Crippen molar-refractivity contribution in [2.24, 2.45) is 5.73 Å². The maximum absolute atomic E-state index is 10.9. The Morgan fingerprint density at radius 1 is 1.60 bits per heavy atom. The van der Waals surface area contributed by atoms with Crippen LogP contribution < -0.4 is 11.1 Å². The number of aromatic nitrogens is 2. The van der Waals surface area contributed by atoms with Gasteiger partial charge >= 0.3 is 5.97 Å². The molecule has 0 spiro atoms. The Labute approximate surface area is 85.7 Å². The lowest BCUT2D eigenvalue weighted by Crippen LogP contribution is -2.21. The minimum absolute atomic E-state index is 0.00219. The SMILES string of the molecule is NCC(=O)Nc1cnc(CCC(=O)O)[nH]1. The normalized spacial score (nSPS) is 9.93. The van der Waals surface area contributed by atoms with E-state index in [1.165, 1.54) is 6.20 Å². The highest BCUT2D eigenvalue weighted by atomic mass is 16.4. The second-order valence-electron chi connectivity index (χ2n) is 2.89. The third-order valence-corrected chi connectivity index (χ3v) is 1.66. The zero-order valence-electron chi connectivity index (χ0n) is 7.99. The van der Waals surface area contributed by atoms with Crippen molar-refractivity contribution in [1.82, 2.24) is 9.97 Å². The number of nitrogens with two attached hydrogens (primary N) is 1. The van der Waals surface area contributed by atoms with E-state index in [1.807, 2.05) is 0 Å². The van der Waals surface area contributed by atoms with Crippen molar-refractivity contribution >= 4 is 17.7 Å². The number of carbonyl (C=O) groups excluding carboxylic acids is 1. The van der Waals surface area contributed by atoms with E-state index in [0.29, 0.717) is 18.1 Å². The van der Waals surface area contributed by atoms with Crippen LogP contribution in [0.3, 0.4) is 0 Å². The number of H-pyrrole nitrogens is 1. The fraction of sp³-hybridized carbons (Fsp3) is 0.375. The van der Waals surface area contributed by atoms with Crippen molar-refractivity contribution < 1.29 is 14.7 Å². The molecule has 15 heavy (non-hydrogen) atoms. The van der Waals surface area contributed by atoms with Gasteiger partial charge in [0.05, 0.1) is 19.2 Å². The third kappa shape index (κ3) is 3.77. The molecule has 0 radical (unpaired) electrons. The largest absolute Gasteiger partial charge is 0.481 e. The molecule has 7 nitrogen and oxygen atoms in total. The third-order valence-electron chi connectivity index (χ3n) is 1.66. The Morgan fingerprint density at radius 3 is 2.93 bits per heavy atom. The van der Waals surface area contributed by atoms with Gasteiger partial charge in [-0.1, -0.05) is 0 Å². The van der Waals surface area contributed by atoms with E-state index in [1.54, 1.807) is 0 Å². The van der Waals surface area contributed by atoms with Crippen LogP contribution in [0.15, 0.2) is 6.20 Å². The molecule has 1 amide bonds. The van der Waals surface area contributed by atoms with Gasteiger partial charge in [0.2, 0.25) is 5.91 Å². The number of carboxylic acids is 1. The lowest BCUT2D eigenvalue weighted by atomic mass is 10.3. The van der Waals surface area contributed by atoms with Crippen molar-refractivity contribution in [2.45, 2.75) is 12.8 Å². The molecule has 0 aliphatic carbocycles. The van der Waals surface area contributed by atoms with E-state index in [-0.39, 0.29) is 18.9 Å². The first-order valence-electron chi connectivity index (χ1n) is 4.37. The van der Waals surface area contributed by atoms with Crippen LogP contribution >= 0.6 is 0 Å². The van der Waals surface area contributed by atoms with E-state index in [4.69, 9.17) is 10.8 Å². The van der Waals surface area contributed by atoms with Gasteiger partial charge in [-0.15, -0.1) is 0 Å². The zero-order valence-corrected chi connectivity index (χ0v) is 7.99. The molecule has 0 aliphatic rings. The number of carboxylic acid groups (broad SMARTS) is 1. The van der Waals surface area contributed by atoms with Gasteiger partial charge in [-0.05, 0) is 0 Å². The molecule has 0 fully saturated rings. The summed E-state index contributed by atoms with van der Waals surface area (Å²) in [6, 6.07) is 0. The predicted octanol–water partition coefficient (Wildman–Crippen LogP) is -0.676. The van der Waals surface area contributed by atoms with Crippen molar-refractivity contribution in [3.05, 3.63) is 12.0 Å². The summed E-state index contributed by atoms with van der Waals surface area (Å²) in [7, 11) is 0. The van der Waals surface area contributed by atoms with Gasteiger partial charge in [0.1, 0.15) is 11.6 Å². The van der Waals surface area contributed by atoms with Crippen molar-refractivity contribution in [2.75, 3.05) is 11.9 Å². The number of rotatable bonds is 5. The fourth-order valence-electron chi connectivity index (χ4n) is 0.980. The second-order valence-corrected chi connectivity index (χ2v) is 2.89. The molecule has 7 heteroatoms. The summed E-state index contributed by atoms with van der Waals surface area (Å²) in [5.74, 6) is -0.280. The summed E-state index contributed by atoms with van der Waals surface area (Å²) < 4.78 is 0. The van der Waals surface area contributed by atoms with Crippen LogP contribution in [0, 0.1) is 0 Å². The number of amides is 1. The van der Waals surface area contributed by atoms with Gasteiger partial charge in [-0.3, -0.25) is 9.59 Å². The number of nitrogens with one attached hydrogen (secondary N) is 2. The Morgan fingerprint density at radius 2 is 2.33 bits per heavy atom. The van der Waals surface area contributed by atoms with E-state index >= 15 is 0 Å². The molecule has 0 bridgehead atoms.